The third kappa shape index (κ3) is 9.33. The minimum Gasteiger partial charge on any atom is -0.501 e. The van der Waals surface area contributed by atoms with Crippen molar-refractivity contribution in [2.24, 2.45) is 0 Å². The number of hydrogen-bond acceptors (Lipinski definition) is 4. The van der Waals surface area contributed by atoms with E-state index in [0.717, 1.165) is 77.9 Å². The van der Waals surface area contributed by atoms with Gasteiger partial charge in [0, 0.05) is 45.8 Å². The largest absolute Gasteiger partial charge is 0.501 e. The standard InChI is InChI=1S/C37H32N3O.C21H22NSi.Ir/c1-22(2)30-20-26(25-12-7-6-8-13-25)21-31(23(3)4)34(30)40-36(39-32-19-18-24(5)38-37(32)40)29-16-11-15-28-27-14-9-10-17-33(27)41-35(28)29;1-23(2,3)21-16-22-20(18-12-8-5-9-13-18)15-19(21)14-17-10-6-4-7-11-17;/h6-15,17-23H,1-5H3;4-12,15-16H,14H2,1-3H3;/q2*-1;/i;14D2;. The minimum absolute atomic E-state index is 0. The average Bonchev–Trinajstić information content (AvgIpc) is 3.90. The molecule has 4 heterocycles. The van der Waals surface area contributed by atoms with Gasteiger partial charge >= 0.3 is 0 Å². The normalized spacial score (nSPS) is 12.3. The first-order valence-electron chi connectivity index (χ1n) is 23.2. The van der Waals surface area contributed by atoms with Crippen LogP contribution in [0.25, 0.3) is 72.6 Å². The molecule has 0 amide bonds. The molecule has 0 fully saturated rings. The molecule has 5 nitrogen and oxygen atoms in total. The van der Waals surface area contributed by atoms with E-state index in [1.165, 1.54) is 22.3 Å². The van der Waals surface area contributed by atoms with Gasteiger partial charge in [0.1, 0.15) is 5.58 Å². The van der Waals surface area contributed by atoms with Gasteiger partial charge in [0.15, 0.2) is 5.65 Å². The Kier molecular flexibility index (Phi) is 12.5. The van der Waals surface area contributed by atoms with E-state index < -0.39 is 14.4 Å². The SMILES string of the molecule is Cc1ccc2nc(-c3[c-]ccc4c3oc3ccccc34)n(-c3c(C(C)C)cc(-c4ccccc4)cc3C(C)C)c2n1.[2H]C([2H])(c1ccccc1)c1cc(-c2[c-]cccc2)ncc1[Si](C)(C)C.[Ir]. The van der Waals surface area contributed by atoms with Gasteiger partial charge in [-0.1, -0.05) is 149 Å². The third-order valence-corrected chi connectivity index (χ3v) is 13.7. The molecular formula is C58H54IrN4OSi-2. The van der Waals surface area contributed by atoms with E-state index in [1.54, 1.807) is 0 Å². The molecule has 0 spiro atoms. The van der Waals surface area contributed by atoms with E-state index in [2.05, 4.69) is 130 Å². The zero-order valence-corrected chi connectivity index (χ0v) is 41.6. The monoisotopic (exact) mass is 1050 g/mol. The van der Waals surface area contributed by atoms with Gasteiger partial charge in [0.25, 0.3) is 0 Å². The van der Waals surface area contributed by atoms with Crippen LogP contribution in [0.4, 0.5) is 0 Å². The summed E-state index contributed by atoms with van der Waals surface area (Å²) in [6.45, 7) is 17.8. The number of rotatable bonds is 9. The van der Waals surface area contributed by atoms with Crippen LogP contribution in [-0.4, -0.2) is 27.6 Å². The number of hydrogen-bond donors (Lipinski definition) is 0. The maximum Gasteiger partial charge on any atom is 0.155 e. The van der Waals surface area contributed by atoms with Crippen LogP contribution in [0, 0.1) is 19.1 Å². The fourth-order valence-corrected chi connectivity index (χ4v) is 9.83. The molecule has 0 aliphatic carbocycles. The number of aryl methyl sites for hydroxylation is 1. The van der Waals surface area contributed by atoms with E-state index in [4.69, 9.17) is 17.1 Å². The fraction of sp³-hybridized carbons (Fsp3) is 0.190. The summed E-state index contributed by atoms with van der Waals surface area (Å²) in [4.78, 5) is 14.9. The molecule has 7 heteroatoms. The zero-order valence-electron chi connectivity index (χ0n) is 40.2. The molecule has 10 aromatic rings. The molecule has 4 aromatic heterocycles. The maximum absolute atomic E-state index is 8.84. The summed E-state index contributed by atoms with van der Waals surface area (Å²) in [5, 5.41) is 3.21. The summed E-state index contributed by atoms with van der Waals surface area (Å²) in [5.41, 5.74) is 14.3. The van der Waals surface area contributed by atoms with Crippen molar-refractivity contribution in [3.8, 4) is 39.5 Å². The van der Waals surface area contributed by atoms with E-state index in [9.17, 15) is 0 Å². The molecule has 0 atom stereocenters. The number of nitrogens with zero attached hydrogens (tertiary/aromatic N) is 4. The molecule has 327 valence electrons. The van der Waals surface area contributed by atoms with Crippen molar-refractivity contribution in [1.29, 1.82) is 0 Å². The number of fused-ring (bicyclic) bond motifs is 4. The minimum atomic E-state index is -1.76. The second kappa shape index (κ2) is 19.1. The van der Waals surface area contributed by atoms with Gasteiger partial charge in [-0.3, -0.25) is 4.98 Å². The molecule has 10 rings (SSSR count). The molecule has 0 saturated carbocycles. The van der Waals surface area contributed by atoms with Crippen molar-refractivity contribution in [3.05, 3.63) is 198 Å². The maximum atomic E-state index is 8.84. The van der Waals surface area contributed by atoms with Gasteiger partial charge in [-0.25, -0.2) is 4.98 Å². The Hall–Kier alpha value is -6.24. The second-order valence-electron chi connectivity index (χ2n) is 18.1. The topological polar surface area (TPSA) is 56.7 Å². The summed E-state index contributed by atoms with van der Waals surface area (Å²) < 4.78 is 26.4. The van der Waals surface area contributed by atoms with Gasteiger partial charge < -0.3 is 14.0 Å². The van der Waals surface area contributed by atoms with Crippen molar-refractivity contribution in [1.82, 2.24) is 19.5 Å². The van der Waals surface area contributed by atoms with Crippen LogP contribution in [0.1, 0.15) is 70.2 Å². The van der Waals surface area contributed by atoms with Crippen molar-refractivity contribution in [2.75, 3.05) is 0 Å². The van der Waals surface area contributed by atoms with Crippen LogP contribution in [0.15, 0.2) is 162 Å². The van der Waals surface area contributed by atoms with Crippen LogP contribution >= 0.6 is 0 Å². The number of benzene rings is 6. The Bertz CT molecular complexity index is 3310. The first-order chi connectivity index (χ1) is 31.7. The third-order valence-electron chi connectivity index (χ3n) is 11.7. The molecule has 0 unspecified atom stereocenters. The van der Waals surface area contributed by atoms with Gasteiger partial charge in [0.05, 0.1) is 25.0 Å². The predicted molar refractivity (Wildman–Crippen MR) is 270 cm³/mol. The number of pyridine rings is 2. The summed E-state index contributed by atoms with van der Waals surface area (Å²) in [7, 11) is -1.76. The van der Waals surface area contributed by atoms with Crippen LogP contribution in [0.5, 0.6) is 0 Å². The Morgan fingerprint density at radius 3 is 2.05 bits per heavy atom. The quantitative estimate of drug-likeness (QED) is 0.107. The molecular weight excluding hydrogens is 989 g/mol. The van der Waals surface area contributed by atoms with Crippen LogP contribution in [0.3, 0.4) is 0 Å². The molecule has 0 bridgehead atoms. The first-order valence-corrected chi connectivity index (χ1v) is 25.7. The number of para-hydroxylation sites is 1. The number of furan rings is 1. The van der Waals surface area contributed by atoms with E-state index >= 15 is 0 Å². The van der Waals surface area contributed by atoms with Gasteiger partial charge in [-0.05, 0) is 94.2 Å². The summed E-state index contributed by atoms with van der Waals surface area (Å²) in [6, 6.07) is 57.3. The molecule has 6 aromatic carbocycles. The van der Waals surface area contributed by atoms with Crippen LogP contribution < -0.4 is 5.19 Å². The Morgan fingerprint density at radius 1 is 0.692 bits per heavy atom. The van der Waals surface area contributed by atoms with Gasteiger partial charge in [0.2, 0.25) is 0 Å². The van der Waals surface area contributed by atoms with Crippen molar-refractivity contribution >= 4 is 46.4 Å². The first kappa shape index (κ1) is 42.7. The molecule has 0 saturated heterocycles. The summed E-state index contributed by atoms with van der Waals surface area (Å²) >= 11 is 0. The molecule has 0 aliphatic rings. The number of aromatic nitrogens is 4. The fourth-order valence-electron chi connectivity index (χ4n) is 8.44. The molecule has 0 N–H and O–H groups in total. The summed E-state index contributed by atoms with van der Waals surface area (Å²) in [5.74, 6) is 1.33. The predicted octanol–water partition coefficient (Wildman–Crippen LogP) is 14.7. The summed E-state index contributed by atoms with van der Waals surface area (Å²) in [6.07, 6.45) is 0.307. The Morgan fingerprint density at radius 2 is 1.37 bits per heavy atom. The molecule has 1 radical (unpaired) electrons. The van der Waals surface area contributed by atoms with E-state index in [-0.39, 0.29) is 31.9 Å². The Balaban J connectivity index is 0.000000201. The second-order valence-corrected chi connectivity index (χ2v) is 23.1. The van der Waals surface area contributed by atoms with Crippen molar-refractivity contribution in [2.45, 2.75) is 72.5 Å². The molecule has 65 heavy (non-hydrogen) atoms. The van der Waals surface area contributed by atoms with Crippen molar-refractivity contribution in [3.63, 3.8) is 0 Å². The number of imidazole rings is 1. The average molecular weight is 1050 g/mol. The Labute approximate surface area is 400 Å². The zero-order chi connectivity index (χ0) is 46.3. The van der Waals surface area contributed by atoms with Crippen LogP contribution in [-0.2, 0) is 26.5 Å². The van der Waals surface area contributed by atoms with Gasteiger partial charge in [-0.15, -0.1) is 54.1 Å². The molecule has 0 aliphatic heterocycles. The van der Waals surface area contributed by atoms with Crippen LogP contribution in [0.2, 0.25) is 19.6 Å². The van der Waals surface area contributed by atoms with Crippen molar-refractivity contribution < 1.29 is 27.3 Å². The van der Waals surface area contributed by atoms with Gasteiger partial charge in [-0.2, -0.15) is 0 Å². The smallest absolute Gasteiger partial charge is 0.155 e. The van der Waals surface area contributed by atoms with E-state index in [1.807, 2.05) is 104 Å². The van der Waals surface area contributed by atoms with E-state index in [0.29, 0.717) is 5.56 Å².